The Morgan fingerprint density at radius 2 is 2.00 bits per heavy atom. The molecule has 1 aliphatic heterocycles. The minimum atomic E-state index is 0.713. The van der Waals surface area contributed by atoms with Gasteiger partial charge in [0.05, 0.1) is 5.69 Å². The molecular formula is C13H20N2O. The Bertz CT molecular complexity index is 362. The zero-order chi connectivity index (χ0) is 11.0. The smallest absolute Gasteiger partial charge is 0.194 e. The first-order valence-electron chi connectivity index (χ1n) is 6.50. The van der Waals surface area contributed by atoms with Gasteiger partial charge in [-0.3, -0.25) is 0 Å². The molecule has 1 N–H and O–H groups in total. The first-order chi connectivity index (χ1) is 7.83. The molecule has 3 nitrogen and oxygen atoms in total. The van der Waals surface area contributed by atoms with E-state index in [-0.39, 0.29) is 0 Å². The minimum absolute atomic E-state index is 0.713. The molecule has 0 aromatic carbocycles. The fraction of sp³-hybridized carbons (Fsp3) is 0.769. The lowest BCUT2D eigenvalue weighted by Crippen LogP contribution is -2.28. The van der Waals surface area contributed by atoms with Crippen molar-refractivity contribution in [1.29, 1.82) is 0 Å². The molecule has 0 amide bonds. The third-order valence-corrected chi connectivity index (χ3v) is 3.76. The minimum Gasteiger partial charge on any atom is -0.446 e. The highest BCUT2D eigenvalue weighted by molar-refractivity contribution is 5.18. The molecule has 2 heterocycles. The summed E-state index contributed by atoms with van der Waals surface area (Å²) in [6.45, 7) is 4.37. The van der Waals surface area contributed by atoms with E-state index in [1.54, 1.807) is 0 Å². The molecule has 16 heavy (non-hydrogen) atoms. The van der Waals surface area contributed by atoms with Crippen molar-refractivity contribution >= 4 is 0 Å². The number of piperidine rings is 1. The van der Waals surface area contributed by atoms with Crippen molar-refractivity contribution in [1.82, 2.24) is 10.3 Å². The van der Waals surface area contributed by atoms with Crippen LogP contribution < -0.4 is 5.32 Å². The van der Waals surface area contributed by atoms with Crippen LogP contribution >= 0.6 is 0 Å². The van der Waals surface area contributed by atoms with Crippen LogP contribution in [0.2, 0.25) is 0 Å². The Morgan fingerprint density at radius 3 is 2.69 bits per heavy atom. The van der Waals surface area contributed by atoms with Crippen LogP contribution in [0.15, 0.2) is 4.42 Å². The number of aryl methyl sites for hydroxylation is 1. The molecule has 3 rings (SSSR count). The highest BCUT2D eigenvalue weighted by Gasteiger charge is 2.29. The molecule has 0 bridgehead atoms. The number of nitrogens with zero attached hydrogens (tertiary/aromatic N) is 1. The van der Waals surface area contributed by atoms with Crippen LogP contribution in [0, 0.1) is 12.8 Å². The van der Waals surface area contributed by atoms with Gasteiger partial charge < -0.3 is 9.73 Å². The molecule has 0 radical (unpaired) electrons. The largest absolute Gasteiger partial charge is 0.446 e. The predicted molar refractivity (Wildman–Crippen MR) is 62.5 cm³/mol. The molecule has 88 valence electrons. The van der Waals surface area contributed by atoms with Crippen LogP contribution in [0.3, 0.4) is 0 Å². The molecule has 2 aliphatic rings. The van der Waals surface area contributed by atoms with E-state index >= 15 is 0 Å². The van der Waals surface area contributed by atoms with Crippen molar-refractivity contribution in [2.45, 2.75) is 44.9 Å². The standard InChI is InChI=1S/C13H20N2O/c1-9-13(11-2-3-11)15-12(16-9)8-10-4-6-14-7-5-10/h10-11,14H,2-8H2,1H3. The Balaban J connectivity index is 1.66. The topological polar surface area (TPSA) is 38.1 Å². The summed E-state index contributed by atoms with van der Waals surface area (Å²) in [5.74, 6) is 3.52. The van der Waals surface area contributed by atoms with E-state index in [2.05, 4.69) is 17.2 Å². The molecule has 0 atom stereocenters. The molecule has 1 aromatic heterocycles. The normalized spacial score (nSPS) is 22.6. The molecule has 0 spiro atoms. The first-order valence-corrected chi connectivity index (χ1v) is 6.50. The number of nitrogens with one attached hydrogen (secondary N) is 1. The first kappa shape index (κ1) is 10.3. The predicted octanol–water partition coefficient (Wildman–Crippen LogP) is 2.40. The fourth-order valence-corrected chi connectivity index (χ4v) is 2.62. The van der Waals surface area contributed by atoms with Crippen LogP contribution in [0.1, 0.15) is 48.9 Å². The lowest BCUT2D eigenvalue weighted by molar-refractivity contribution is 0.338. The van der Waals surface area contributed by atoms with E-state index in [1.807, 2.05) is 0 Å². The van der Waals surface area contributed by atoms with Crippen LogP contribution in [0.25, 0.3) is 0 Å². The molecule has 1 saturated carbocycles. The Kier molecular flexibility index (Phi) is 2.72. The number of rotatable bonds is 3. The van der Waals surface area contributed by atoms with E-state index in [1.165, 1.54) is 31.4 Å². The summed E-state index contributed by atoms with van der Waals surface area (Å²) in [4.78, 5) is 4.68. The molecular weight excluding hydrogens is 200 g/mol. The summed E-state index contributed by atoms with van der Waals surface area (Å²) in [7, 11) is 0. The van der Waals surface area contributed by atoms with E-state index in [4.69, 9.17) is 4.42 Å². The highest BCUT2D eigenvalue weighted by atomic mass is 16.4. The Morgan fingerprint density at radius 1 is 1.25 bits per heavy atom. The average molecular weight is 220 g/mol. The van der Waals surface area contributed by atoms with E-state index < -0.39 is 0 Å². The van der Waals surface area contributed by atoms with Crippen LogP contribution in [-0.2, 0) is 6.42 Å². The van der Waals surface area contributed by atoms with E-state index in [0.717, 1.165) is 37.1 Å². The zero-order valence-electron chi connectivity index (χ0n) is 9.96. The van der Waals surface area contributed by atoms with Crippen molar-refractivity contribution in [3.05, 3.63) is 17.3 Å². The van der Waals surface area contributed by atoms with Crippen LogP contribution in [0.4, 0.5) is 0 Å². The number of hydrogen-bond donors (Lipinski definition) is 1. The highest BCUT2D eigenvalue weighted by Crippen LogP contribution is 2.41. The van der Waals surface area contributed by atoms with Gasteiger partial charge >= 0.3 is 0 Å². The number of hydrogen-bond acceptors (Lipinski definition) is 3. The van der Waals surface area contributed by atoms with Crippen molar-refractivity contribution in [3.8, 4) is 0 Å². The van der Waals surface area contributed by atoms with E-state index in [9.17, 15) is 0 Å². The number of oxazole rings is 1. The second-order valence-corrected chi connectivity index (χ2v) is 5.22. The van der Waals surface area contributed by atoms with Crippen molar-refractivity contribution in [3.63, 3.8) is 0 Å². The molecule has 1 saturated heterocycles. The fourth-order valence-electron chi connectivity index (χ4n) is 2.62. The summed E-state index contributed by atoms with van der Waals surface area (Å²) in [5.41, 5.74) is 1.24. The average Bonchev–Trinajstić information content (AvgIpc) is 3.06. The van der Waals surface area contributed by atoms with Gasteiger partial charge in [-0.25, -0.2) is 4.98 Å². The zero-order valence-corrected chi connectivity index (χ0v) is 9.96. The molecule has 2 fully saturated rings. The SMILES string of the molecule is Cc1oc(CC2CCNCC2)nc1C1CC1. The van der Waals surface area contributed by atoms with Gasteiger partial charge in [-0.15, -0.1) is 0 Å². The molecule has 3 heteroatoms. The quantitative estimate of drug-likeness (QED) is 0.850. The maximum Gasteiger partial charge on any atom is 0.194 e. The van der Waals surface area contributed by atoms with Gasteiger partial charge in [0.2, 0.25) is 0 Å². The lowest BCUT2D eigenvalue weighted by atomic mass is 9.95. The monoisotopic (exact) mass is 220 g/mol. The summed E-state index contributed by atoms with van der Waals surface area (Å²) in [5, 5.41) is 3.39. The van der Waals surface area contributed by atoms with Gasteiger partial charge in [0.25, 0.3) is 0 Å². The van der Waals surface area contributed by atoms with Crippen molar-refractivity contribution in [2.75, 3.05) is 13.1 Å². The Hall–Kier alpha value is -0.830. The van der Waals surface area contributed by atoms with Crippen molar-refractivity contribution in [2.24, 2.45) is 5.92 Å². The van der Waals surface area contributed by atoms with E-state index in [0.29, 0.717) is 5.92 Å². The van der Waals surface area contributed by atoms with Gasteiger partial charge in [-0.1, -0.05) is 0 Å². The van der Waals surface area contributed by atoms with Crippen LogP contribution in [0.5, 0.6) is 0 Å². The van der Waals surface area contributed by atoms with Gasteiger partial charge in [0.1, 0.15) is 5.76 Å². The summed E-state index contributed by atoms with van der Waals surface area (Å²) >= 11 is 0. The second kappa shape index (κ2) is 4.21. The van der Waals surface area contributed by atoms with Crippen molar-refractivity contribution < 1.29 is 4.42 Å². The second-order valence-electron chi connectivity index (χ2n) is 5.22. The third-order valence-electron chi connectivity index (χ3n) is 3.76. The Labute approximate surface area is 96.6 Å². The van der Waals surface area contributed by atoms with Gasteiger partial charge in [0.15, 0.2) is 5.89 Å². The molecule has 0 unspecified atom stereocenters. The van der Waals surface area contributed by atoms with Gasteiger partial charge in [-0.05, 0) is 51.6 Å². The molecule has 1 aliphatic carbocycles. The maximum atomic E-state index is 5.79. The van der Waals surface area contributed by atoms with Crippen LogP contribution in [-0.4, -0.2) is 18.1 Å². The summed E-state index contributed by atoms with van der Waals surface area (Å²) in [6, 6.07) is 0. The third kappa shape index (κ3) is 2.14. The summed E-state index contributed by atoms with van der Waals surface area (Å²) < 4.78 is 5.79. The number of aromatic nitrogens is 1. The van der Waals surface area contributed by atoms with Gasteiger partial charge in [0, 0.05) is 12.3 Å². The lowest BCUT2D eigenvalue weighted by Gasteiger charge is -2.20. The van der Waals surface area contributed by atoms with Gasteiger partial charge in [-0.2, -0.15) is 0 Å². The maximum absolute atomic E-state index is 5.79. The summed E-state index contributed by atoms with van der Waals surface area (Å²) in [6.07, 6.45) is 6.18. The molecule has 1 aromatic rings.